The Balaban J connectivity index is 1.10. The zero-order chi connectivity index (χ0) is 37.3. The van der Waals surface area contributed by atoms with Crippen molar-refractivity contribution in [3.05, 3.63) is 235 Å². The van der Waals surface area contributed by atoms with E-state index in [1.54, 1.807) is 0 Å². The molecule has 0 amide bonds. The fourth-order valence-electron chi connectivity index (χ4n) is 8.05. The topological polar surface area (TPSA) is 38.7 Å². The quantitative estimate of drug-likeness (QED) is 0.163. The lowest BCUT2D eigenvalue weighted by atomic mass is 9.64. The molecular formula is C52H35N3S. The number of fused-ring (bicyclic) bond motifs is 2. The maximum absolute atomic E-state index is 5.12. The molecule has 0 N–H and O–H groups in total. The summed E-state index contributed by atoms with van der Waals surface area (Å²) in [6.45, 7) is 0. The first-order valence-corrected chi connectivity index (χ1v) is 19.7. The molecule has 3 nitrogen and oxygen atoms in total. The van der Waals surface area contributed by atoms with Gasteiger partial charge in [-0.2, -0.15) is 0 Å². The standard InChI is InChI=1S/C52H35N3S/c1-5-17-36(18-6-1)38-21-15-23-41(33-38)50-53-49(37-19-7-2-8-20-37)54-51(55-50)42-24-16-22-39(34-42)40-31-32-46-48(35-40)56-47-30-14-13-29-45(47)52(46,43-25-9-3-10-26-43)44-27-11-4-12-28-44/h1-35H. The first-order chi connectivity index (χ1) is 27.7. The summed E-state index contributed by atoms with van der Waals surface area (Å²) in [5.41, 5.74) is 12.0. The summed E-state index contributed by atoms with van der Waals surface area (Å²) < 4.78 is 0. The van der Waals surface area contributed by atoms with E-state index in [0.29, 0.717) is 17.5 Å². The number of hydrogen-bond donors (Lipinski definition) is 0. The molecule has 0 radical (unpaired) electrons. The zero-order valence-electron chi connectivity index (χ0n) is 30.5. The summed E-state index contributed by atoms with van der Waals surface area (Å²) in [4.78, 5) is 17.7. The molecule has 1 aliphatic heterocycles. The predicted octanol–water partition coefficient (Wildman–Crippen LogP) is 13.1. The molecule has 0 saturated heterocycles. The minimum absolute atomic E-state index is 0.465. The lowest BCUT2D eigenvalue weighted by molar-refractivity contribution is 0.703. The molecule has 8 aromatic carbocycles. The van der Waals surface area contributed by atoms with E-state index in [-0.39, 0.29) is 0 Å². The van der Waals surface area contributed by atoms with E-state index >= 15 is 0 Å². The van der Waals surface area contributed by atoms with E-state index < -0.39 is 5.41 Å². The van der Waals surface area contributed by atoms with Crippen LogP contribution in [-0.4, -0.2) is 15.0 Å². The van der Waals surface area contributed by atoms with E-state index in [1.165, 1.54) is 32.0 Å². The Bertz CT molecular complexity index is 2780. The predicted molar refractivity (Wildman–Crippen MR) is 229 cm³/mol. The number of rotatable bonds is 7. The van der Waals surface area contributed by atoms with Crippen molar-refractivity contribution < 1.29 is 0 Å². The van der Waals surface area contributed by atoms with Crippen LogP contribution < -0.4 is 0 Å². The fraction of sp³-hybridized carbons (Fsp3) is 0.0192. The largest absolute Gasteiger partial charge is 0.208 e. The van der Waals surface area contributed by atoms with Gasteiger partial charge in [0.15, 0.2) is 17.5 Å². The molecule has 0 bridgehead atoms. The van der Waals surface area contributed by atoms with Gasteiger partial charge in [-0.05, 0) is 68.8 Å². The molecule has 10 rings (SSSR count). The lowest BCUT2D eigenvalue weighted by Gasteiger charge is -2.42. The van der Waals surface area contributed by atoms with Crippen molar-refractivity contribution in [2.45, 2.75) is 15.2 Å². The van der Waals surface area contributed by atoms with Gasteiger partial charge in [0.05, 0.1) is 5.41 Å². The molecule has 0 unspecified atom stereocenters. The van der Waals surface area contributed by atoms with Crippen molar-refractivity contribution in [3.63, 3.8) is 0 Å². The van der Waals surface area contributed by atoms with Crippen LogP contribution in [0.4, 0.5) is 0 Å². The highest BCUT2D eigenvalue weighted by molar-refractivity contribution is 7.99. The van der Waals surface area contributed by atoms with E-state index in [2.05, 4.69) is 176 Å². The van der Waals surface area contributed by atoms with E-state index in [4.69, 9.17) is 15.0 Å². The van der Waals surface area contributed by atoms with Crippen LogP contribution in [0.25, 0.3) is 56.4 Å². The normalized spacial score (nSPS) is 12.7. The molecule has 9 aromatic rings. The van der Waals surface area contributed by atoms with Crippen molar-refractivity contribution in [3.8, 4) is 56.4 Å². The van der Waals surface area contributed by atoms with Gasteiger partial charge in [-0.15, -0.1) is 0 Å². The maximum atomic E-state index is 5.12. The third-order valence-corrected chi connectivity index (χ3v) is 11.8. The Morgan fingerprint density at radius 1 is 0.286 bits per heavy atom. The molecule has 56 heavy (non-hydrogen) atoms. The van der Waals surface area contributed by atoms with Gasteiger partial charge in [0, 0.05) is 26.5 Å². The van der Waals surface area contributed by atoms with E-state index in [1.807, 2.05) is 48.2 Å². The molecule has 4 heteroatoms. The molecule has 0 aliphatic carbocycles. The molecular weight excluding hydrogens is 699 g/mol. The van der Waals surface area contributed by atoms with Crippen LogP contribution in [0.2, 0.25) is 0 Å². The van der Waals surface area contributed by atoms with Crippen LogP contribution in [0.1, 0.15) is 22.3 Å². The molecule has 0 spiro atoms. The lowest BCUT2D eigenvalue weighted by Crippen LogP contribution is -2.34. The SMILES string of the molecule is c1ccc(-c2cccc(-c3nc(-c4ccccc4)nc(-c4cccc(-c5ccc6c(c5)Sc5ccccc5C6(c5ccccc5)c5ccccc5)c4)n3)c2)cc1. The second kappa shape index (κ2) is 14.4. The number of nitrogens with zero attached hydrogens (tertiary/aromatic N) is 3. The maximum Gasteiger partial charge on any atom is 0.164 e. The Morgan fingerprint density at radius 3 is 1.29 bits per heavy atom. The minimum Gasteiger partial charge on any atom is -0.208 e. The Morgan fingerprint density at radius 2 is 0.696 bits per heavy atom. The van der Waals surface area contributed by atoms with Gasteiger partial charge in [0.2, 0.25) is 0 Å². The summed E-state index contributed by atoms with van der Waals surface area (Å²) in [6.07, 6.45) is 0. The molecule has 264 valence electrons. The summed E-state index contributed by atoms with van der Waals surface area (Å²) in [7, 11) is 0. The second-order valence-corrected chi connectivity index (χ2v) is 15.1. The van der Waals surface area contributed by atoms with Crippen LogP contribution >= 0.6 is 11.8 Å². The third kappa shape index (κ3) is 6.01. The first kappa shape index (κ1) is 33.7. The van der Waals surface area contributed by atoms with Gasteiger partial charge in [-0.25, -0.2) is 15.0 Å². The second-order valence-electron chi connectivity index (χ2n) is 14.0. The molecule has 0 saturated carbocycles. The monoisotopic (exact) mass is 733 g/mol. The Hall–Kier alpha value is -6.88. The minimum atomic E-state index is -0.465. The van der Waals surface area contributed by atoms with Crippen LogP contribution in [0.15, 0.2) is 222 Å². The smallest absolute Gasteiger partial charge is 0.164 e. The average Bonchev–Trinajstić information content (AvgIpc) is 3.29. The highest BCUT2D eigenvalue weighted by Crippen LogP contribution is 2.56. The van der Waals surface area contributed by atoms with Gasteiger partial charge in [0.25, 0.3) is 0 Å². The Labute approximate surface area is 331 Å². The third-order valence-electron chi connectivity index (χ3n) is 10.7. The molecule has 0 fully saturated rings. The van der Waals surface area contributed by atoms with Crippen molar-refractivity contribution in [2.24, 2.45) is 0 Å². The van der Waals surface area contributed by atoms with Crippen LogP contribution in [0.5, 0.6) is 0 Å². The summed E-state index contributed by atoms with van der Waals surface area (Å²) in [5.74, 6) is 1.91. The van der Waals surface area contributed by atoms with Crippen molar-refractivity contribution in [1.82, 2.24) is 15.0 Å². The molecule has 1 aliphatic rings. The number of hydrogen-bond acceptors (Lipinski definition) is 4. The van der Waals surface area contributed by atoms with Gasteiger partial charge in [-0.3, -0.25) is 0 Å². The van der Waals surface area contributed by atoms with Crippen LogP contribution in [0.3, 0.4) is 0 Å². The summed E-state index contributed by atoms with van der Waals surface area (Å²) in [5, 5.41) is 0. The van der Waals surface area contributed by atoms with E-state index in [0.717, 1.165) is 38.9 Å². The van der Waals surface area contributed by atoms with Crippen LogP contribution in [0, 0.1) is 0 Å². The Kier molecular flexibility index (Phi) is 8.66. The van der Waals surface area contributed by atoms with Crippen molar-refractivity contribution >= 4 is 11.8 Å². The van der Waals surface area contributed by atoms with Gasteiger partial charge in [-0.1, -0.05) is 200 Å². The van der Waals surface area contributed by atoms with Crippen LogP contribution in [-0.2, 0) is 5.41 Å². The zero-order valence-corrected chi connectivity index (χ0v) is 31.3. The highest BCUT2D eigenvalue weighted by Gasteiger charge is 2.44. The van der Waals surface area contributed by atoms with Gasteiger partial charge < -0.3 is 0 Å². The van der Waals surface area contributed by atoms with Gasteiger partial charge in [0.1, 0.15) is 0 Å². The van der Waals surface area contributed by atoms with Crippen molar-refractivity contribution in [1.29, 1.82) is 0 Å². The number of aromatic nitrogens is 3. The number of benzene rings is 8. The average molecular weight is 734 g/mol. The molecule has 0 atom stereocenters. The highest BCUT2D eigenvalue weighted by atomic mass is 32.2. The first-order valence-electron chi connectivity index (χ1n) is 18.9. The van der Waals surface area contributed by atoms with Crippen molar-refractivity contribution in [2.75, 3.05) is 0 Å². The van der Waals surface area contributed by atoms with Gasteiger partial charge >= 0.3 is 0 Å². The summed E-state index contributed by atoms with van der Waals surface area (Å²) >= 11 is 1.85. The fourth-order valence-corrected chi connectivity index (χ4v) is 9.28. The molecule has 1 aromatic heterocycles. The summed E-state index contributed by atoms with van der Waals surface area (Å²) in [6, 6.07) is 75.3. The molecule has 2 heterocycles. The van der Waals surface area contributed by atoms with E-state index in [9.17, 15) is 0 Å².